The number of carbonyl (C=O) groups excluding carboxylic acids is 1. The van der Waals surface area contributed by atoms with Crippen LogP contribution in [0.1, 0.15) is 6.92 Å². The topological polar surface area (TPSA) is 146 Å². The molecule has 1 aromatic rings. The number of hydrazone groups is 1. The molecule has 1 aromatic carbocycles. The van der Waals surface area contributed by atoms with Crippen molar-refractivity contribution in [2.45, 2.75) is 11.8 Å². The zero-order valence-electron chi connectivity index (χ0n) is 11.8. The monoisotopic (exact) mass is 326 g/mol. The fourth-order valence-electron chi connectivity index (χ4n) is 1.29. The van der Waals surface area contributed by atoms with E-state index in [0.29, 0.717) is 5.69 Å². The first kappa shape index (κ1) is 17.4. The van der Waals surface area contributed by atoms with Gasteiger partial charge in [-0.25, -0.2) is 17.9 Å². The summed E-state index contributed by atoms with van der Waals surface area (Å²) in [6.07, 6.45) is 0. The minimum absolute atomic E-state index is 0.0743. The number of azide groups is 1. The molecule has 0 saturated heterocycles. The maximum absolute atomic E-state index is 11.5. The van der Waals surface area contributed by atoms with Crippen LogP contribution in [-0.2, 0) is 19.6 Å². The molecule has 22 heavy (non-hydrogen) atoms. The summed E-state index contributed by atoms with van der Waals surface area (Å²) in [4.78, 5) is 14.0. The number of anilines is 1. The van der Waals surface area contributed by atoms with Gasteiger partial charge in [0.1, 0.15) is 0 Å². The van der Waals surface area contributed by atoms with Crippen LogP contribution >= 0.6 is 0 Å². The van der Waals surface area contributed by atoms with Crippen molar-refractivity contribution in [3.05, 3.63) is 34.7 Å². The third-order valence-electron chi connectivity index (χ3n) is 2.32. The number of amidine groups is 1. The van der Waals surface area contributed by atoms with Gasteiger partial charge in [0.05, 0.1) is 17.2 Å². The molecule has 0 bridgehead atoms. The van der Waals surface area contributed by atoms with Crippen LogP contribution in [0.4, 0.5) is 5.69 Å². The number of rotatable bonds is 5. The summed E-state index contributed by atoms with van der Waals surface area (Å²) in [5.74, 6) is -1.36. The van der Waals surface area contributed by atoms with E-state index in [1.807, 2.05) is 0 Å². The van der Waals surface area contributed by atoms with Gasteiger partial charge in [-0.1, -0.05) is 0 Å². The van der Waals surface area contributed by atoms with E-state index in [1.165, 1.54) is 31.3 Å². The van der Waals surface area contributed by atoms with Crippen molar-refractivity contribution in [1.82, 2.24) is 4.72 Å². The lowest BCUT2D eigenvalue weighted by molar-refractivity contribution is -0.135. The molecule has 0 amide bonds. The van der Waals surface area contributed by atoms with Gasteiger partial charge in [-0.3, -0.25) is 5.43 Å². The lowest BCUT2D eigenvalue weighted by atomic mass is 10.3. The highest BCUT2D eigenvalue weighted by Crippen LogP contribution is 2.13. The number of sulfonamides is 1. The second kappa shape index (κ2) is 7.98. The lowest BCUT2D eigenvalue weighted by Gasteiger charge is -2.05. The molecule has 0 atom stereocenters. The van der Waals surface area contributed by atoms with Gasteiger partial charge in [0.15, 0.2) is 0 Å². The smallest absolute Gasteiger partial charge is 0.361 e. The molecule has 0 saturated carbocycles. The maximum atomic E-state index is 11.5. The number of nitrogens with zero attached hydrogens (tertiary/aromatic N) is 4. The highest BCUT2D eigenvalue weighted by atomic mass is 32.2. The molecule has 0 unspecified atom stereocenters. The third-order valence-corrected chi connectivity index (χ3v) is 3.75. The standard InChI is InChI=1S/C11H14N6O4S/c1-3-21-11(18)10(16-17-12)15-14-8-4-6-9(7-5-8)22(19,20)13-2/h4-7,13-14H,3H2,1-2H3. The molecule has 0 aliphatic carbocycles. The van der Waals surface area contributed by atoms with Gasteiger partial charge in [0, 0.05) is 4.91 Å². The summed E-state index contributed by atoms with van der Waals surface area (Å²) in [5.41, 5.74) is 11.2. The molecular weight excluding hydrogens is 312 g/mol. The molecule has 10 nitrogen and oxygen atoms in total. The van der Waals surface area contributed by atoms with E-state index in [2.05, 4.69) is 30.0 Å². The minimum Gasteiger partial charge on any atom is -0.461 e. The molecule has 0 radical (unpaired) electrons. The zero-order chi connectivity index (χ0) is 16.6. The Bertz CT molecular complexity index is 707. The van der Waals surface area contributed by atoms with Crippen LogP contribution in [0.15, 0.2) is 39.4 Å². The Morgan fingerprint density at radius 3 is 2.50 bits per heavy atom. The SMILES string of the molecule is CCOC(=O)C(N=[N+]=[N-])=NNc1ccc(S(=O)(=O)NC)cc1. The molecule has 0 aromatic heterocycles. The van der Waals surface area contributed by atoms with Crippen molar-refractivity contribution < 1.29 is 17.9 Å². The van der Waals surface area contributed by atoms with Crippen LogP contribution in [0.25, 0.3) is 10.4 Å². The quantitative estimate of drug-likeness (QED) is 0.159. The Labute approximate surface area is 126 Å². The maximum Gasteiger partial charge on any atom is 0.361 e. The summed E-state index contributed by atoms with van der Waals surface area (Å²) in [6, 6.07) is 5.57. The summed E-state index contributed by atoms with van der Waals surface area (Å²) in [7, 11) is -2.23. The predicted octanol–water partition coefficient (Wildman–Crippen LogP) is 1.19. The molecule has 0 spiro atoms. The number of benzene rings is 1. The van der Waals surface area contributed by atoms with Crippen molar-refractivity contribution in [3.8, 4) is 0 Å². The normalized spacial score (nSPS) is 11.5. The third kappa shape index (κ3) is 4.74. The van der Waals surface area contributed by atoms with Gasteiger partial charge in [-0.2, -0.15) is 5.10 Å². The van der Waals surface area contributed by atoms with E-state index in [4.69, 9.17) is 5.53 Å². The molecule has 0 aliphatic rings. The van der Waals surface area contributed by atoms with E-state index in [-0.39, 0.29) is 11.5 Å². The Hall–Kier alpha value is -2.62. The van der Waals surface area contributed by atoms with E-state index in [9.17, 15) is 13.2 Å². The van der Waals surface area contributed by atoms with Crippen LogP contribution < -0.4 is 10.1 Å². The summed E-state index contributed by atoms with van der Waals surface area (Å²) >= 11 is 0. The highest BCUT2D eigenvalue weighted by molar-refractivity contribution is 7.89. The predicted molar refractivity (Wildman–Crippen MR) is 79.5 cm³/mol. The van der Waals surface area contributed by atoms with Gasteiger partial charge in [0.2, 0.25) is 15.9 Å². The first-order valence-electron chi connectivity index (χ1n) is 6.04. The molecule has 0 heterocycles. The number of hydrogen-bond acceptors (Lipinski definition) is 6. The first-order valence-corrected chi connectivity index (χ1v) is 7.52. The largest absolute Gasteiger partial charge is 0.461 e. The molecule has 11 heteroatoms. The molecule has 0 fully saturated rings. The Morgan fingerprint density at radius 2 is 2.00 bits per heavy atom. The average Bonchev–Trinajstić information content (AvgIpc) is 2.52. The van der Waals surface area contributed by atoms with Crippen molar-refractivity contribution in [2.24, 2.45) is 10.2 Å². The zero-order valence-corrected chi connectivity index (χ0v) is 12.7. The molecule has 0 aliphatic heterocycles. The second-order valence-corrected chi connectivity index (χ2v) is 5.58. The van der Waals surface area contributed by atoms with Gasteiger partial charge in [-0.05, 0) is 48.9 Å². The average molecular weight is 326 g/mol. The molecule has 2 N–H and O–H groups in total. The summed E-state index contributed by atoms with van der Waals surface area (Å²) in [6.45, 7) is 1.70. The molecule has 118 valence electrons. The number of esters is 1. The van der Waals surface area contributed by atoms with E-state index < -0.39 is 21.8 Å². The first-order chi connectivity index (χ1) is 10.4. The molecule has 1 rings (SSSR count). The lowest BCUT2D eigenvalue weighted by Crippen LogP contribution is -2.18. The summed E-state index contributed by atoms with van der Waals surface area (Å²) in [5, 5.41) is 6.74. The van der Waals surface area contributed by atoms with Crippen molar-refractivity contribution in [2.75, 3.05) is 19.1 Å². The van der Waals surface area contributed by atoms with Crippen LogP contribution in [0.3, 0.4) is 0 Å². The van der Waals surface area contributed by atoms with Crippen LogP contribution in [0.5, 0.6) is 0 Å². The second-order valence-electron chi connectivity index (χ2n) is 3.69. The fraction of sp³-hybridized carbons (Fsp3) is 0.273. The van der Waals surface area contributed by atoms with Crippen molar-refractivity contribution in [1.29, 1.82) is 0 Å². The van der Waals surface area contributed by atoms with Crippen LogP contribution in [0, 0.1) is 0 Å². The highest BCUT2D eigenvalue weighted by Gasteiger charge is 2.12. The van der Waals surface area contributed by atoms with E-state index >= 15 is 0 Å². The van der Waals surface area contributed by atoms with Crippen LogP contribution in [0.2, 0.25) is 0 Å². The fourth-order valence-corrected chi connectivity index (χ4v) is 2.02. The minimum atomic E-state index is -3.53. The van der Waals surface area contributed by atoms with Crippen molar-refractivity contribution >= 4 is 27.5 Å². The molecular formula is C11H14N6O4S. The number of nitrogens with one attached hydrogen (secondary N) is 2. The van der Waals surface area contributed by atoms with Gasteiger partial charge >= 0.3 is 5.97 Å². The Morgan fingerprint density at radius 1 is 1.36 bits per heavy atom. The number of hydrogen-bond donors (Lipinski definition) is 2. The Kier molecular flexibility index (Phi) is 6.32. The number of carbonyl (C=O) groups is 1. The van der Waals surface area contributed by atoms with Crippen molar-refractivity contribution in [3.63, 3.8) is 0 Å². The van der Waals surface area contributed by atoms with Gasteiger partial charge in [-0.15, -0.1) is 0 Å². The van der Waals surface area contributed by atoms with E-state index in [1.54, 1.807) is 6.92 Å². The van der Waals surface area contributed by atoms with Gasteiger partial charge in [0.25, 0.3) is 0 Å². The van der Waals surface area contributed by atoms with E-state index in [0.717, 1.165) is 0 Å². The van der Waals surface area contributed by atoms with Gasteiger partial charge < -0.3 is 4.74 Å². The number of ether oxygens (including phenoxy) is 1. The van der Waals surface area contributed by atoms with Crippen LogP contribution in [-0.4, -0.2) is 33.9 Å². The summed E-state index contributed by atoms with van der Waals surface area (Å²) < 4.78 is 29.9. The Balaban J connectivity index is 2.92.